The van der Waals surface area contributed by atoms with Gasteiger partial charge in [-0.2, -0.15) is 0 Å². The minimum Gasteiger partial charge on any atom is -0.462 e. The molecule has 0 radical (unpaired) electrons. The van der Waals surface area contributed by atoms with Crippen molar-refractivity contribution in [3.8, 4) is 0 Å². The van der Waals surface area contributed by atoms with Crippen LogP contribution in [0.25, 0.3) is 0 Å². The SMILES string of the molecule is CC/C=C\C/C=C\C/C=C\C/C=C\C/C=C\CC(=O)OC(COC(=O)CCCCCCCC/C=C\C/C=C\C/C=C\CCCCC)COP(=O)(O)OCC(CO)OC(=O)CCCCCCCCCCCCC. The molecule has 0 saturated heterocycles. The highest BCUT2D eigenvalue weighted by Crippen LogP contribution is 2.43. The van der Waals surface area contributed by atoms with Gasteiger partial charge in [-0.1, -0.05) is 221 Å². The van der Waals surface area contributed by atoms with Crippen molar-refractivity contribution in [2.24, 2.45) is 0 Å². The van der Waals surface area contributed by atoms with Crippen LogP contribution in [-0.2, 0) is 42.2 Å². The number of carbonyl (C=O) groups is 3. The van der Waals surface area contributed by atoms with Gasteiger partial charge in [0.2, 0.25) is 0 Å². The molecule has 0 aromatic carbocycles. The zero-order valence-electron chi connectivity index (χ0n) is 45.4. The molecule has 0 aromatic rings. The molecule has 12 heteroatoms. The van der Waals surface area contributed by atoms with Crippen LogP contribution in [0.5, 0.6) is 0 Å². The van der Waals surface area contributed by atoms with Crippen molar-refractivity contribution in [3.05, 3.63) is 97.2 Å². The Kier molecular flexibility index (Phi) is 51.0. The van der Waals surface area contributed by atoms with Gasteiger partial charge in [0.05, 0.1) is 26.2 Å². The lowest BCUT2D eigenvalue weighted by atomic mass is 10.1. The van der Waals surface area contributed by atoms with E-state index in [1.54, 1.807) is 6.08 Å². The van der Waals surface area contributed by atoms with E-state index in [-0.39, 0.29) is 25.9 Å². The van der Waals surface area contributed by atoms with Crippen LogP contribution in [0.1, 0.15) is 226 Å². The predicted molar refractivity (Wildman–Crippen MR) is 297 cm³/mol. The molecular formula is C60H101O11P. The molecule has 412 valence electrons. The van der Waals surface area contributed by atoms with E-state index in [2.05, 4.69) is 93.7 Å². The largest absolute Gasteiger partial charge is 0.472 e. The van der Waals surface area contributed by atoms with Gasteiger partial charge in [0.15, 0.2) is 6.10 Å². The molecular weight excluding hydrogens is 928 g/mol. The van der Waals surface area contributed by atoms with Crippen LogP contribution < -0.4 is 0 Å². The maximum Gasteiger partial charge on any atom is 0.472 e. The Bertz CT molecular complexity index is 1580. The smallest absolute Gasteiger partial charge is 0.462 e. The number of allylic oxidation sites excluding steroid dienone is 15. The second-order valence-electron chi connectivity index (χ2n) is 18.4. The third kappa shape index (κ3) is 51.3. The zero-order valence-corrected chi connectivity index (χ0v) is 46.3. The van der Waals surface area contributed by atoms with Gasteiger partial charge in [0.25, 0.3) is 0 Å². The van der Waals surface area contributed by atoms with Gasteiger partial charge in [-0.05, 0) is 83.5 Å². The van der Waals surface area contributed by atoms with E-state index in [0.29, 0.717) is 19.3 Å². The maximum absolute atomic E-state index is 12.9. The Balaban J connectivity index is 4.85. The van der Waals surface area contributed by atoms with Gasteiger partial charge in [0.1, 0.15) is 12.7 Å². The van der Waals surface area contributed by atoms with Gasteiger partial charge < -0.3 is 24.2 Å². The molecule has 0 spiro atoms. The Hall–Kier alpha value is -3.60. The number of hydrogen-bond acceptors (Lipinski definition) is 10. The molecule has 0 amide bonds. The lowest BCUT2D eigenvalue weighted by Crippen LogP contribution is -2.30. The highest BCUT2D eigenvalue weighted by Gasteiger charge is 2.28. The van der Waals surface area contributed by atoms with E-state index in [1.807, 2.05) is 18.2 Å². The zero-order chi connectivity index (χ0) is 52.7. The summed E-state index contributed by atoms with van der Waals surface area (Å²) in [4.78, 5) is 48.4. The fourth-order valence-corrected chi connectivity index (χ4v) is 8.05. The molecule has 0 heterocycles. The third-order valence-electron chi connectivity index (χ3n) is 11.5. The van der Waals surface area contributed by atoms with Crippen LogP contribution in [0.4, 0.5) is 0 Å². The number of carbonyl (C=O) groups excluding carboxylic acids is 3. The van der Waals surface area contributed by atoms with Crippen LogP contribution in [0, 0.1) is 0 Å². The van der Waals surface area contributed by atoms with E-state index in [9.17, 15) is 28.9 Å². The number of ether oxygens (including phenoxy) is 3. The number of aliphatic hydroxyl groups is 1. The highest BCUT2D eigenvalue weighted by atomic mass is 31.2. The molecule has 0 fully saturated rings. The Morgan fingerprint density at radius 2 is 0.778 bits per heavy atom. The Morgan fingerprint density at radius 3 is 1.25 bits per heavy atom. The first-order valence-electron chi connectivity index (χ1n) is 28.1. The van der Waals surface area contributed by atoms with Crippen LogP contribution in [-0.4, -0.2) is 66.5 Å². The van der Waals surface area contributed by atoms with E-state index in [1.165, 1.54) is 70.6 Å². The van der Waals surface area contributed by atoms with Crippen LogP contribution >= 0.6 is 7.82 Å². The predicted octanol–water partition coefficient (Wildman–Crippen LogP) is 16.5. The normalized spacial score (nSPS) is 14.1. The molecule has 11 nitrogen and oxygen atoms in total. The molecule has 3 atom stereocenters. The summed E-state index contributed by atoms with van der Waals surface area (Å²) in [5, 5.41) is 9.78. The molecule has 0 aliphatic rings. The summed E-state index contributed by atoms with van der Waals surface area (Å²) >= 11 is 0. The second kappa shape index (κ2) is 53.7. The topological polar surface area (TPSA) is 155 Å². The van der Waals surface area contributed by atoms with Crippen molar-refractivity contribution < 1.29 is 52.2 Å². The maximum atomic E-state index is 12.9. The summed E-state index contributed by atoms with van der Waals surface area (Å²) < 4.78 is 39.3. The molecule has 0 aliphatic carbocycles. The first-order valence-corrected chi connectivity index (χ1v) is 29.6. The molecule has 0 aromatic heterocycles. The molecule has 0 rings (SSSR count). The van der Waals surface area contributed by atoms with Crippen LogP contribution in [0.3, 0.4) is 0 Å². The van der Waals surface area contributed by atoms with Gasteiger partial charge in [-0.3, -0.25) is 23.4 Å². The molecule has 72 heavy (non-hydrogen) atoms. The molecule has 0 aliphatic heterocycles. The van der Waals surface area contributed by atoms with E-state index < -0.39 is 57.8 Å². The van der Waals surface area contributed by atoms with Crippen molar-refractivity contribution in [3.63, 3.8) is 0 Å². The van der Waals surface area contributed by atoms with Crippen LogP contribution in [0.15, 0.2) is 97.2 Å². The molecule has 0 bridgehead atoms. The lowest BCUT2D eigenvalue weighted by molar-refractivity contribution is -0.160. The van der Waals surface area contributed by atoms with Gasteiger partial charge in [-0.15, -0.1) is 0 Å². The first-order chi connectivity index (χ1) is 35.2. The number of hydrogen-bond donors (Lipinski definition) is 2. The number of esters is 3. The Labute approximate surface area is 438 Å². The minimum absolute atomic E-state index is 0.0704. The second-order valence-corrected chi connectivity index (χ2v) is 19.8. The number of phosphoric acid groups is 1. The van der Waals surface area contributed by atoms with Crippen molar-refractivity contribution in [2.75, 3.05) is 26.4 Å². The fraction of sp³-hybridized carbons (Fsp3) is 0.683. The first kappa shape index (κ1) is 68.4. The highest BCUT2D eigenvalue weighted by molar-refractivity contribution is 7.47. The average Bonchev–Trinajstić information content (AvgIpc) is 3.37. The van der Waals surface area contributed by atoms with E-state index in [4.69, 9.17) is 23.3 Å². The number of phosphoric ester groups is 1. The summed E-state index contributed by atoms with van der Waals surface area (Å²) in [6.07, 6.45) is 62.6. The van der Waals surface area contributed by atoms with Crippen molar-refractivity contribution >= 4 is 25.7 Å². The minimum atomic E-state index is -4.77. The van der Waals surface area contributed by atoms with Gasteiger partial charge in [0, 0.05) is 12.8 Å². The van der Waals surface area contributed by atoms with Crippen molar-refractivity contribution in [2.45, 2.75) is 238 Å². The fourth-order valence-electron chi connectivity index (χ4n) is 7.26. The van der Waals surface area contributed by atoms with Gasteiger partial charge in [-0.25, -0.2) is 4.57 Å². The monoisotopic (exact) mass is 1030 g/mol. The summed E-state index contributed by atoms with van der Waals surface area (Å²) in [6.45, 7) is 4.36. The van der Waals surface area contributed by atoms with Gasteiger partial charge >= 0.3 is 25.7 Å². The molecule has 3 unspecified atom stereocenters. The summed E-state index contributed by atoms with van der Waals surface area (Å²) in [5.74, 6) is -1.64. The average molecular weight is 1030 g/mol. The van der Waals surface area contributed by atoms with Crippen molar-refractivity contribution in [1.29, 1.82) is 0 Å². The van der Waals surface area contributed by atoms with Crippen molar-refractivity contribution in [1.82, 2.24) is 0 Å². The molecule has 0 saturated carbocycles. The number of rotatable bonds is 51. The number of unbranched alkanes of at least 4 members (excludes halogenated alkanes) is 19. The quantitative estimate of drug-likeness (QED) is 0.0197. The number of aliphatic hydroxyl groups excluding tert-OH is 1. The van der Waals surface area contributed by atoms with E-state index in [0.717, 1.165) is 96.3 Å². The van der Waals surface area contributed by atoms with E-state index >= 15 is 0 Å². The van der Waals surface area contributed by atoms with Crippen LogP contribution in [0.2, 0.25) is 0 Å². The summed E-state index contributed by atoms with van der Waals surface area (Å²) in [5.41, 5.74) is 0. The lowest BCUT2D eigenvalue weighted by Gasteiger charge is -2.21. The summed E-state index contributed by atoms with van der Waals surface area (Å²) in [7, 11) is -4.77. The molecule has 2 N–H and O–H groups in total. The third-order valence-corrected chi connectivity index (χ3v) is 12.5. The summed E-state index contributed by atoms with van der Waals surface area (Å²) in [6, 6.07) is 0. The standard InChI is InChI=1S/C60H101O11P/c1-4-7-10-13-16-19-22-24-26-27-28-29-31-32-35-37-40-43-46-49-58(62)67-53-57(71-60(64)51-48-45-42-39-36-33-30-25-23-20-17-14-11-8-5-2)55-69-72(65,66)68-54-56(52-61)70-59(63)50-47-44-41-38-34-21-18-15-12-9-6-3/h8,11,16-17,19-20,24-26,28-30,36,39,45,48,56-57,61H,4-7,9-10,12-15,18,21-23,27,31-35,37-38,40-44,46-47,49-55H2,1-3H3,(H,65,66)/b11-8-,19-16-,20-17-,26-24-,29-28-,30-25-,39-36-,48-45-. The Morgan fingerprint density at radius 1 is 0.417 bits per heavy atom.